The fraction of sp³-hybridized carbons (Fsp3) is 0.267. The van der Waals surface area contributed by atoms with Crippen LogP contribution in [0.5, 0.6) is 5.75 Å². The van der Waals surface area contributed by atoms with E-state index >= 15 is 0 Å². The van der Waals surface area contributed by atoms with Gasteiger partial charge in [0.1, 0.15) is 12.4 Å². The van der Waals surface area contributed by atoms with E-state index in [1.54, 1.807) is 12.3 Å². The molecule has 1 aromatic carbocycles. The fourth-order valence-electron chi connectivity index (χ4n) is 1.68. The van der Waals surface area contributed by atoms with E-state index in [1.807, 2.05) is 18.2 Å². The van der Waals surface area contributed by atoms with Crippen molar-refractivity contribution < 1.29 is 4.74 Å². The molecular weight excluding hydrogens is 224 g/mol. The molecule has 3 heteroatoms. The zero-order valence-electron chi connectivity index (χ0n) is 10.8. The molecule has 2 aromatic rings. The van der Waals surface area contributed by atoms with Gasteiger partial charge in [-0.25, -0.2) is 0 Å². The highest BCUT2D eigenvalue weighted by molar-refractivity contribution is 5.37. The van der Waals surface area contributed by atoms with E-state index in [0.29, 0.717) is 18.2 Å². The van der Waals surface area contributed by atoms with Crippen LogP contribution in [-0.4, -0.2) is 4.98 Å². The zero-order chi connectivity index (χ0) is 13.0. The van der Waals surface area contributed by atoms with E-state index in [1.165, 1.54) is 5.56 Å². The van der Waals surface area contributed by atoms with E-state index in [0.717, 1.165) is 11.4 Å². The summed E-state index contributed by atoms with van der Waals surface area (Å²) in [6.07, 6.45) is 1.69. The van der Waals surface area contributed by atoms with Crippen molar-refractivity contribution in [3.05, 3.63) is 53.9 Å². The molecule has 2 rings (SSSR count). The molecule has 0 saturated heterocycles. The van der Waals surface area contributed by atoms with Crippen molar-refractivity contribution in [3.8, 4) is 5.75 Å². The van der Waals surface area contributed by atoms with Crippen LogP contribution >= 0.6 is 0 Å². The van der Waals surface area contributed by atoms with Gasteiger partial charge in [-0.3, -0.25) is 4.98 Å². The molecule has 94 valence electrons. The van der Waals surface area contributed by atoms with Gasteiger partial charge < -0.3 is 10.5 Å². The predicted molar refractivity (Wildman–Crippen MR) is 73.5 cm³/mol. The standard InChI is InChI=1S/C15H18N2O/c1-11(2)12-3-5-15(6-4-12)18-10-14-9-13(16)7-8-17-14/h3-9,11H,10H2,1-2H3,(H2,16,17). The van der Waals surface area contributed by atoms with Crippen LogP contribution in [0.2, 0.25) is 0 Å². The maximum absolute atomic E-state index is 5.69. The molecule has 0 bridgehead atoms. The Labute approximate surface area is 108 Å². The Bertz CT molecular complexity index is 506. The van der Waals surface area contributed by atoms with Gasteiger partial charge in [-0.2, -0.15) is 0 Å². The minimum Gasteiger partial charge on any atom is -0.487 e. The van der Waals surface area contributed by atoms with E-state index in [4.69, 9.17) is 10.5 Å². The summed E-state index contributed by atoms with van der Waals surface area (Å²) in [5.74, 6) is 1.39. The van der Waals surface area contributed by atoms with Gasteiger partial charge in [0.25, 0.3) is 0 Å². The Hall–Kier alpha value is -2.03. The number of aromatic nitrogens is 1. The van der Waals surface area contributed by atoms with Gasteiger partial charge in [0.05, 0.1) is 5.69 Å². The number of hydrogen-bond donors (Lipinski definition) is 1. The molecule has 0 atom stereocenters. The smallest absolute Gasteiger partial charge is 0.130 e. The first-order valence-electron chi connectivity index (χ1n) is 6.08. The van der Waals surface area contributed by atoms with Crippen LogP contribution in [0.15, 0.2) is 42.6 Å². The third-order valence-corrected chi connectivity index (χ3v) is 2.77. The number of nitrogen functional groups attached to an aromatic ring is 1. The summed E-state index contributed by atoms with van der Waals surface area (Å²) in [5, 5.41) is 0. The van der Waals surface area contributed by atoms with E-state index in [2.05, 4.69) is 31.0 Å². The first-order valence-corrected chi connectivity index (χ1v) is 6.08. The van der Waals surface area contributed by atoms with E-state index in [-0.39, 0.29) is 0 Å². The maximum Gasteiger partial charge on any atom is 0.130 e. The summed E-state index contributed by atoms with van der Waals surface area (Å²) in [6.45, 7) is 4.78. The highest BCUT2D eigenvalue weighted by Crippen LogP contribution is 2.19. The highest BCUT2D eigenvalue weighted by atomic mass is 16.5. The molecule has 0 aliphatic carbocycles. The second kappa shape index (κ2) is 5.54. The van der Waals surface area contributed by atoms with Crippen molar-refractivity contribution in [1.29, 1.82) is 0 Å². The fourth-order valence-corrected chi connectivity index (χ4v) is 1.68. The first-order chi connectivity index (χ1) is 8.65. The quantitative estimate of drug-likeness (QED) is 0.894. The van der Waals surface area contributed by atoms with Crippen molar-refractivity contribution in [3.63, 3.8) is 0 Å². The Morgan fingerprint density at radius 3 is 2.50 bits per heavy atom. The first kappa shape index (κ1) is 12.4. The van der Waals surface area contributed by atoms with Crippen LogP contribution < -0.4 is 10.5 Å². The van der Waals surface area contributed by atoms with Gasteiger partial charge in [-0.05, 0) is 35.7 Å². The lowest BCUT2D eigenvalue weighted by molar-refractivity contribution is 0.301. The van der Waals surface area contributed by atoms with Crippen LogP contribution in [0.4, 0.5) is 5.69 Å². The van der Waals surface area contributed by atoms with Gasteiger partial charge in [0.15, 0.2) is 0 Å². The molecule has 0 amide bonds. The molecule has 0 saturated carbocycles. The molecule has 0 spiro atoms. The normalized spacial score (nSPS) is 10.6. The minimum absolute atomic E-state index is 0.437. The monoisotopic (exact) mass is 242 g/mol. The number of nitrogens with two attached hydrogens (primary N) is 1. The number of hydrogen-bond acceptors (Lipinski definition) is 3. The third-order valence-electron chi connectivity index (χ3n) is 2.77. The second-order valence-electron chi connectivity index (χ2n) is 4.59. The van der Waals surface area contributed by atoms with Crippen molar-refractivity contribution >= 4 is 5.69 Å². The largest absolute Gasteiger partial charge is 0.487 e. The Morgan fingerprint density at radius 1 is 1.17 bits per heavy atom. The number of ether oxygens (including phenoxy) is 1. The lowest BCUT2D eigenvalue weighted by atomic mass is 10.0. The molecule has 2 N–H and O–H groups in total. The molecule has 1 heterocycles. The molecule has 0 unspecified atom stereocenters. The number of nitrogens with zero attached hydrogens (tertiary/aromatic N) is 1. The highest BCUT2D eigenvalue weighted by Gasteiger charge is 2.00. The van der Waals surface area contributed by atoms with Crippen molar-refractivity contribution in [2.45, 2.75) is 26.4 Å². The van der Waals surface area contributed by atoms with Crippen LogP contribution in [0.25, 0.3) is 0 Å². The van der Waals surface area contributed by atoms with Crippen molar-refractivity contribution in [1.82, 2.24) is 4.98 Å². The molecule has 0 fully saturated rings. The van der Waals surface area contributed by atoms with Crippen LogP contribution in [0.1, 0.15) is 31.0 Å². The third kappa shape index (κ3) is 3.23. The summed E-state index contributed by atoms with van der Waals surface area (Å²) in [5.41, 5.74) is 8.54. The maximum atomic E-state index is 5.69. The molecule has 0 aliphatic heterocycles. The van der Waals surface area contributed by atoms with Crippen LogP contribution in [-0.2, 0) is 6.61 Å². The SMILES string of the molecule is CC(C)c1ccc(OCc2cc(N)ccn2)cc1. The summed E-state index contributed by atoms with van der Waals surface area (Å²) >= 11 is 0. The topological polar surface area (TPSA) is 48.1 Å². The number of anilines is 1. The van der Waals surface area contributed by atoms with Gasteiger partial charge in [0, 0.05) is 11.9 Å². The van der Waals surface area contributed by atoms with Gasteiger partial charge in [0.2, 0.25) is 0 Å². The summed E-state index contributed by atoms with van der Waals surface area (Å²) < 4.78 is 5.66. The molecule has 1 aromatic heterocycles. The Kier molecular flexibility index (Phi) is 3.82. The zero-order valence-corrected chi connectivity index (χ0v) is 10.8. The predicted octanol–water partition coefficient (Wildman–Crippen LogP) is 3.37. The van der Waals surface area contributed by atoms with Gasteiger partial charge in [-0.15, -0.1) is 0 Å². The summed E-state index contributed by atoms with van der Waals surface area (Å²) in [6, 6.07) is 11.7. The van der Waals surface area contributed by atoms with Gasteiger partial charge >= 0.3 is 0 Å². The van der Waals surface area contributed by atoms with Gasteiger partial charge in [-0.1, -0.05) is 26.0 Å². The van der Waals surface area contributed by atoms with Crippen LogP contribution in [0.3, 0.4) is 0 Å². The summed E-state index contributed by atoms with van der Waals surface area (Å²) in [4.78, 5) is 4.20. The van der Waals surface area contributed by atoms with Crippen LogP contribution in [0, 0.1) is 0 Å². The molecule has 18 heavy (non-hydrogen) atoms. The van der Waals surface area contributed by atoms with Crippen molar-refractivity contribution in [2.75, 3.05) is 5.73 Å². The molecule has 0 aliphatic rings. The number of pyridine rings is 1. The van der Waals surface area contributed by atoms with E-state index in [9.17, 15) is 0 Å². The summed E-state index contributed by atoms with van der Waals surface area (Å²) in [7, 11) is 0. The molecule has 3 nitrogen and oxygen atoms in total. The number of benzene rings is 1. The average molecular weight is 242 g/mol. The second-order valence-corrected chi connectivity index (χ2v) is 4.59. The minimum atomic E-state index is 0.437. The Balaban J connectivity index is 1.98. The molecular formula is C15H18N2O. The Morgan fingerprint density at radius 2 is 1.89 bits per heavy atom. The lowest BCUT2D eigenvalue weighted by Crippen LogP contribution is -1.99. The van der Waals surface area contributed by atoms with Crippen molar-refractivity contribution in [2.24, 2.45) is 0 Å². The lowest BCUT2D eigenvalue weighted by Gasteiger charge is -2.08. The molecule has 0 radical (unpaired) electrons. The number of rotatable bonds is 4. The van der Waals surface area contributed by atoms with E-state index < -0.39 is 0 Å². The average Bonchev–Trinajstić information content (AvgIpc) is 2.37.